The first-order chi connectivity index (χ1) is 8.77. The molecule has 0 amide bonds. The molecule has 18 heavy (non-hydrogen) atoms. The summed E-state index contributed by atoms with van der Waals surface area (Å²) < 4.78 is 0. The van der Waals surface area contributed by atoms with Crippen molar-refractivity contribution >= 4 is 16.7 Å². The summed E-state index contributed by atoms with van der Waals surface area (Å²) in [4.78, 5) is 11.2. The van der Waals surface area contributed by atoms with E-state index in [9.17, 15) is 9.90 Å². The molecule has 2 heteroatoms. The van der Waals surface area contributed by atoms with Crippen molar-refractivity contribution < 1.29 is 9.90 Å². The molecule has 1 N–H and O–H groups in total. The highest BCUT2D eigenvalue weighted by Crippen LogP contribution is 2.38. The minimum atomic E-state index is -0.843. The lowest BCUT2D eigenvalue weighted by atomic mass is 9.90. The molecule has 2 aromatic carbocycles. The summed E-state index contributed by atoms with van der Waals surface area (Å²) in [6.45, 7) is 0. The SMILES string of the molecule is O=C(O)c1ccc(C2CCCC2)c2ccccc12. The Morgan fingerprint density at radius 3 is 2.33 bits per heavy atom. The third-order valence-corrected chi connectivity index (χ3v) is 3.98. The number of aromatic carboxylic acids is 1. The van der Waals surface area contributed by atoms with Crippen LogP contribution in [0.15, 0.2) is 36.4 Å². The Balaban J connectivity index is 2.22. The summed E-state index contributed by atoms with van der Waals surface area (Å²) >= 11 is 0. The van der Waals surface area contributed by atoms with Crippen molar-refractivity contribution in [3.63, 3.8) is 0 Å². The third kappa shape index (κ3) is 1.78. The van der Waals surface area contributed by atoms with Crippen LogP contribution in [0.2, 0.25) is 0 Å². The second kappa shape index (κ2) is 4.45. The van der Waals surface area contributed by atoms with Gasteiger partial charge in [0.25, 0.3) is 0 Å². The molecule has 0 aromatic heterocycles. The van der Waals surface area contributed by atoms with Crippen molar-refractivity contribution in [3.8, 4) is 0 Å². The van der Waals surface area contributed by atoms with Gasteiger partial charge >= 0.3 is 5.97 Å². The van der Waals surface area contributed by atoms with Crippen LogP contribution in [-0.2, 0) is 0 Å². The number of carboxylic acid groups (broad SMARTS) is 1. The van der Waals surface area contributed by atoms with Gasteiger partial charge in [-0.3, -0.25) is 0 Å². The Morgan fingerprint density at radius 1 is 1.00 bits per heavy atom. The number of hydrogen-bond acceptors (Lipinski definition) is 1. The monoisotopic (exact) mass is 240 g/mol. The Hall–Kier alpha value is -1.83. The zero-order chi connectivity index (χ0) is 12.5. The molecular weight excluding hydrogens is 224 g/mol. The standard InChI is InChI=1S/C16H16O2/c17-16(18)15-10-9-12(11-5-1-2-6-11)13-7-3-4-8-14(13)15/h3-4,7-11H,1-2,5-6H2,(H,17,18). The maximum absolute atomic E-state index is 11.2. The lowest BCUT2D eigenvalue weighted by Gasteiger charge is -2.14. The first-order valence-corrected chi connectivity index (χ1v) is 6.52. The van der Waals surface area contributed by atoms with Crippen LogP contribution in [0.5, 0.6) is 0 Å². The average Bonchev–Trinajstić information content (AvgIpc) is 2.91. The summed E-state index contributed by atoms with van der Waals surface area (Å²) in [6, 6.07) is 11.6. The van der Waals surface area contributed by atoms with E-state index in [1.54, 1.807) is 6.07 Å². The van der Waals surface area contributed by atoms with Gasteiger partial charge in [0.1, 0.15) is 0 Å². The second-order valence-corrected chi connectivity index (χ2v) is 5.03. The molecule has 2 aromatic rings. The molecule has 0 unspecified atom stereocenters. The zero-order valence-electron chi connectivity index (χ0n) is 10.2. The molecule has 0 saturated heterocycles. The highest BCUT2D eigenvalue weighted by molar-refractivity contribution is 6.04. The normalized spacial score (nSPS) is 16.2. The van der Waals surface area contributed by atoms with Crippen LogP contribution in [0.4, 0.5) is 0 Å². The number of carboxylic acids is 1. The molecule has 0 atom stereocenters. The van der Waals surface area contributed by atoms with Crippen molar-refractivity contribution in [2.45, 2.75) is 31.6 Å². The van der Waals surface area contributed by atoms with Crippen LogP contribution in [0.3, 0.4) is 0 Å². The summed E-state index contributed by atoms with van der Waals surface area (Å²) in [7, 11) is 0. The van der Waals surface area contributed by atoms with E-state index in [0.717, 1.165) is 10.8 Å². The number of benzene rings is 2. The quantitative estimate of drug-likeness (QED) is 0.854. The molecule has 0 spiro atoms. The van der Waals surface area contributed by atoms with Gasteiger partial charge in [0, 0.05) is 0 Å². The van der Waals surface area contributed by atoms with Gasteiger partial charge in [-0.25, -0.2) is 4.79 Å². The Bertz CT molecular complexity index is 595. The van der Waals surface area contributed by atoms with Crippen LogP contribution in [-0.4, -0.2) is 11.1 Å². The summed E-state index contributed by atoms with van der Waals surface area (Å²) in [5, 5.41) is 11.2. The van der Waals surface area contributed by atoms with E-state index in [1.165, 1.54) is 31.2 Å². The van der Waals surface area contributed by atoms with Crippen molar-refractivity contribution in [3.05, 3.63) is 47.5 Å². The van der Waals surface area contributed by atoms with Crippen molar-refractivity contribution in [2.24, 2.45) is 0 Å². The first kappa shape index (κ1) is 11.3. The molecule has 0 radical (unpaired) electrons. The topological polar surface area (TPSA) is 37.3 Å². The molecule has 0 heterocycles. The fourth-order valence-electron chi connectivity index (χ4n) is 3.10. The lowest BCUT2D eigenvalue weighted by Crippen LogP contribution is -2.01. The van der Waals surface area contributed by atoms with Gasteiger partial charge in [-0.15, -0.1) is 0 Å². The van der Waals surface area contributed by atoms with Gasteiger partial charge in [-0.05, 0) is 41.2 Å². The minimum Gasteiger partial charge on any atom is -0.478 e. The molecule has 92 valence electrons. The third-order valence-electron chi connectivity index (χ3n) is 3.98. The summed E-state index contributed by atoms with van der Waals surface area (Å²) in [5.74, 6) is -0.234. The van der Waals surface area contributed by atoms with Gasteiger partial charge < -0.3 is 5.11 Å². The van der Waals surface area contributed by atoms with Crippen LogP contribution >= 0.6 is 0 Å². The Kier molecular flexibility index (Phi) is 2.78. The van der Waals surface area contributed by atoms with E-state index < -0.39 is 5.97 Å². The van der Waals surface area contributed by atoms with E-state index >= 15 is 0 Å². The molecular formula is C16H16O2. The van der Waals surface area contributed by atoms with Crippen LogP contribution in [0, 0.1) is 0 Å². The number of fused-ring (bicyclic) bond motifs is 1. The lowest BCUT2D eigenvalue weighted by molar-refractivity contribution is 0.0699. The van der Waals surface area contributed by atoms with Crippen LogP contribution in [0.25, 0.3) is 10.8 Å². The molecule has 1 aliphatic rings. The Labute approximate surface area is 106 Å². The molecule has 0 bridgehead atoms. The highest BCUT2D eigenvalue weighted by atomic mass is 16.4. The zero-order valence-corrected chi connectivity index (χ0v) is 10.2. The highest BCUT2D eigenvalue weighted by Gasteiger charge is 2.20. The van der Waals surface area contributed by atoms with Gasteiger partial charge in [-0.2, -0.15) is 0 Å². The fraction of sp³-hybridized carbons (Fsp3) is 0.312. The van der Waals surface area contributed by atoms with Crippen molar-refractivity contribution in [1.82, 2.24) is 0 Å². The van der Waals surface area contributed by atoms with E-state index in [1.807, 2.05) is 24.3 Å². The van der Waals surface area contributed by atoms with Crippen LogP contribution < -0.4 is 0 Å². The smallest absolute Gasteiger partial charge is 0.336 e. The summed E-state index contributed by atoms with van der Waals surface area (Å²) in [5.41, 5.74) is 1.74. The predicted molar refractivity (Wildman–Crippen MR) is 72.1 cm³/mol. The van der Waals surface area contributed by atoms with Crippen molar-refractivity contribution in [2.75, 3.05) is 0 Å². The summed E-state index contributed by atoms with van der Waals surface area (Å²) in [6.07, 6.45) is 5.05. The Morgan fingerprint density at radius 2 is 1.67 bits per heavy atom. The van der Waals surface area contributed by atoms with Crippen molar-refractivity contribution in [1.29, 1.82) is 0 Å². The molecule has 1 fully saturated rings. The molecule has 0 aliphatic heterocycles. The number of carbonyl (C=O) groups is 1. The number of rotatable bonds is 2. The molecule has 1 aliphatic carbocycles. The predicted octanol–water partition coefficient (Wildman–Crippen LogP) is 4.20. The van der Waals surface area contributed by atoms with Gasteiger partial charge in [0.2, 0.25) is 0 Å². The van der Waals surface area contributed by atoms with E-state index in [2.05, 4.69) is 6.07 Å². The maximum atomic E-state index is 11.2. The second-order valence-electron chi connectivity index (χ2n) is 5.03. The van der Waals surface area contributed by atoms with Gasteiger partial charge in [0.15, 0.2) is 0 Å². The van der Waals surface area contributed by atoms with Gasteiger partial charge in [0.05, 0.1) is 5.56 Å². The molecule has 2 nitrogen and oxygen atoms in total. The van der Waals surface area contributed by atoms with E-state index in [-0.39, 0.29) is 0 Å². The average molecular weight is 240 g/mol. The first-order valence-electron chi connectivity index (χ1n) is 6.52. The van der Waals surface area contributed by atoms with E-state index in [0.29, 0.717) is 11.5 Å². The van der Waals surface area contributed by atoms with Gasteiger partial charge in [-0.1, -0.05) is 43.2 Å². The van der Waals surface area contributed by atoms with E-state index in [4.69, 9.17) is 0 Å². The van der Waals surface area contributed by atoms with Crippen LogP contribution in [0.1, 0.15) is 47.5 Å². The minimum absolute atomic E-state index is 0.410. The maximum Gasteiger partial charge on any atom is 0.336 e. The fourth-order valence-corrected chi connectivity index (χ4v) is 3.10. The molecule has 3 rings (SSSR count). The molecule has 1 saturated carbocycles. The largest absolute Gasteiger partial charge is 0.478 e. The number of hydrogen-bond donors (Lipinski definition) is 1.